The predicted octanol–water partition coefficient (Wildman–Crippen LogP) is 6.55. The van der Waals surface area contributed by atoms with Crippen LogP contribution < -0.4 is 5.32 Å². The topological polar surface area (TPSA) is 133 Å². The van der Waals surface area contributed by atoms with Gasteiger partial charge in [-0.3, -0.25) is 9.59 Å². The van der Waals surface area contributed by atoms with Crippen molar-refractivity contribution in [2.75, 3.05) is 12.9 Å². The minimum absolute atomic E-state index is 0.0744. The van der Waals surface area contributed by atoms with Crippen LogP contribution in [0.4, 0.5) is 0 Å². The summed E-state index contributed by atoms with van der Waals surface area (Å²) in [5.41, 5.74) is 2.39. The number of fused-ring (bicyclic) bond motifs is 7. The Morgan fingerprint density at radius 2 is 1.70 bits per heavy atom. The van der Waals surface area contributed by atoms with Gasteiger partial charge in [-0.15, -0.1) is 11.8 Å². The van der Waals surface area contributed by atoms with Crippen LogP contribution in [0.25, 0.3) is 0 Å². The molecule has 4 aliphatic carbocycles. The predicted molar refractivity (Wildman–Crippen MR) is 171 cm³/mol. The Hall–Kier alpha value is -2.68. The molecule has 1 aromatic rings. The number of phenolic OH excluding ortho intramolecular Hbond substituents is 2. The van der Waals surface area contributed by atoms with E-state index < -0.39 is 28.8 Å². The number of carbonyl (C=O) groups excluding carboxylic acids is 2. The summed E-state index contributed by atoms with van der Waals surface area (Å²) in [6.07, 6.45) is 8.37. The number of aliphatic carboxylic acids is 1. The van der Waals surface area contributed by atoms with Gasteiger partial charge in [0.1, 0.15) is 6.04 Å². The average Bonchev–Trinajstić information content (AvgIpc) is 2.96. The maximum Gasteiger partial charge on any atom is 0.329 e. The normalized spacial score (nSPS) is 38.1. The number of benzene rings is 1. The third-order valence-corrected chi connectivity index (χ3v) is 14.2. The third kappa shape index (κ3) is 4.66. The molecule has 3 saturated carbocycles. The molecule has 1 unspecified atom stereocenters. The van der Waals surface area contributed by atoms with E-state index in [4.69, 9.17) is 4.74 Å². The van der Waals surface area contributed by atoms with Crippen molar-refractivity contribution in [2.45, 2.75) is 110 Å². The van der Waals surface area contributed by atoms with E-state index in [0.29, 0.717) is 18.4 Å². The van der Waals surface area contributed by atoms with E-state index in [2.05, 4.69) is 39.1 Å². The molecule has 0 spiro atoms. The second-order valence-electron chi connectivity index (χ2n) is 15.3. The van der Waals surface area contributed by atoms with Crippen LogP contribution in [0.2, 0.25) is 0 Å². The molecule has 1 amide bonds. The molecule has 242 valence electrons. The SMILES string of the molecule is COC(=O)[C@H](CSC1C=C2[C@@](C)(CC[C@@]3(C)[C@@H]4C[C@](C)(C(=O)O)CC[C@]4(C)CC[C@]23C)c2cc(O)c(O)c(C)c21)NC(C)=O. The minimum Gasteiger partial charge on any atom is -0.504 e. The van der Waals surface area contributed by atoms with Crippen LogP contribution in [0.15, 0.2) is 17.7 Å². The van der Waals surface area contributed by atoms with Crippen LogP contribution in [0.1, 0.15) is 108 Å². The first-order chi connectivity index (χ1) is 20.4. The molecule has 0 radical (unpaired) electrons. The van der Waals surface area contributed by atoms with Gasteiger partial charge in [0.15, 0.2) is 11.5 Å². The molecule has 0 saturated heterocycles. The fraction of sp³-hybridized carbons (Fsp3) is 0.686. The van der Waals surface area contributed by atoms with Gasteiger partial charge in [-0.05, 0) is 104 Å². The lowest BCUT2D eigenvalue weighted by atomic mass is 9.34. The highest BCUT2D eigenvalue weighted by Crippen LogP contribution is 2.75. The molecule has 1 aromatic carbocycles. The highest BCUT2D eigenvalue weighted by atomic mass is 32.2. The number of hydrogen-bond donors (Lipinski definition) is 4. The number of hydrogen-bond acceptors (Lipinski definition) is 7. The second-order valence-corrected chi connectivity index (χ2v) is 16.5. The Labute approximate surface area is 265 Å². The maximum atomic E-state index is 12.6. The molecule has 3 fully saturated rings. The van der Waals surface area contributed by atoms with E-state index in [1.165, 1.54) is 31.4 Å². The Morgan fingerprint density at radius 1 is 1.05 bits per heavy atom. The van der Waals surface area contributed by atoms with Crippen LogP contribution in [0.3, 0.4) is 0 Å². The molecule has 4 aliphatic rings. The highest BCUT2D eigenvalue weighted by Gasteiger charge is 2.67. The molecule has 9 heteroatoms. The quantitative estimate of drug-likeness (QED) is 0.159. The number of nitrogens with one attached hydrogen (secondary N) is 1. The van der Waals surface area contributed by atoms with Crippen molar-refractivity contribution >= 4 is 29.6 Å². The second kappa shape index (κ2) is 10.7. The van der Waals surface area contributed by atoms with E-state index >= 15 is 0 Å². The first-order valence-electron chi connectivity index (χ1n) is 15.9. The molecule has 44 heavy (non-hydrogen) atoms. The van der Waals surface area contributed by atoms with E-state index in [1.54, 1.807) is 6.07 Å². The van der Waals surface area contributed by atoms with Gasteiger partial charge in [-0.2, -0.15) is 0 Å². The summed E-state index contributed by atoms with van der Waals surface area (Å²) in [5, 5.41) is 34.5. The maximum absolute atomic E-state index is 12.6. The van der Waals surface area contributed by atoms with Crippen molar-refractivity contribution in [1.29, 1.82) is 0 Å². The summed E-state index contributed by atoms with van der Waals surface area (Å²) in [5.74, 6) is -1.33. The fourth-order valence-electron chi connectivity index (χ4n) is 9.77. The zero-order valence-corrected chi connectivity index (χ0v) is 28.2. The van der Waals surface area contributed by atoms with Gasteiger partial charge in [0.25, 0.3) is 0 Å². The summed E-state index contributed by atoms with van der Waals surface area (Å²) in [6.45, 7) is 14.5. The van der Waals surface area contributed by atoms with Gasteiger partial charge in [-0.25, -0.2) is 4.79 Å². The van der Waals surface area contributed by atoms with Crippen LogP contribution in [0, 0.1) is 34.5 Å². The van der Waals surface area contributed by atoms with E-state index in [-0.39, 0.29) is 50.6 Å². The van der Waals surface area contributed by atoms with Crippen molar-refractivity contribution < 1.29 is 34.4 Å². The molecule has 8 nitrogen and oxygen atoms in total. The molecule has 4 N–H and O–H groups in total. The highest BCUT2D eigenvalue weighted by molar-refractivity contribution is 7.99. The Morgan fingerprint density at radius 3 is 2.32 bits per heavy atom. The minimum atomic E-state index is -0.831. The first kappa shape index (κ1) is 32.7. The summed E-state index contributed by atoms with van der Waals surface area (Å²) < 4.78 is 4.98. The van der Waals surface area contributed by atoms with Crippen molar-refractivity contribution in [1.82, 2.24) is 5.32 Å². The third-order valence-electron chi connectivity index (χ3n) is 12.9. The van der Waals surface area contributed by atoms with Crippen molar-refractivity contribution in [3.8, 4) is 11.5 Å². The summed E-state index contributed by atoms with van der Waals surface area (Å²) in [6, 6.07) is 0.896. The van der Waals surface area contributed by atoms with E-state index in [9.17, 15) is 29.7 Å². The van der Waals surface area contributed by atoms with Gasteiger partial charge in [0, 0.05) is 23.3 Å². The molecule has 5 rings (SSSR count). The van der Waals surface area contributed by atoms with E-state index in [1.807, 2.05) is 13.8 Å². The van der Waals surface area contributed by atoms with Gasteiger partial charge < -0.3 is 25.4 Å². The van der Waals surface area contributed by atoms with Gasteiger partial charge in [0.2, 0.25) is 5.91 Å². The lowest BCUT2D eigenvalue weighted by Crippen LogP contribution is -2.62. The standard InChI is InChI=1S/C35H49NO7S/c1-19-27-21(15-23(38)28(19)39)33(5)12-14-35(7)26-17-32(4,30(41)42)10-9-31(26,3)11-13-34(35,6)25(33)16-24(27)44-18-22(29(40)43-8)36-20(2)37/h15-16,22,24,26,38-39H,9-14,17-18H2,1-8H3,(H,36,37)(H,41,42)/t22-,24?,26+,31+,32+,33-,34+,35-/m0/s1. The molecule has 0 aliphatic heterocycles. The Balaban J connectivity index is 1.64. The van der Waals surface area contributed by atoms with Crippen LogP contribution in [-0.2, 0) is 24.5 Å². The number of amides is 1. The molecular weight excluding hydrogens is 578 g/mol. The van der Waals surface area contributed by atoms with Gasteiger partial charge in [0.05, 0.1) is 12.5 Å². The van der Waals surface area contributed by atoms with Crippen molar-refractivity contribution in [2.24, 2.45) is 27.6 Å². The zero-order chi connectivity index (χ0) is 32.6. The van der Waals surface area contributed by atoms with Crippen LogP contribution >= 0.6 is 11.8 Å². The molecule has 0 bridgehead atoms. The Kier molecular flexibility index (Phi) is 7.95. The number of carboxylic acid groups (broad SMARTS) is 1. The van der Waals surface area contributed by atoms with Gasteiger partial charge in [-0.1, -0.05) is 39.3 Å². The number of esters is 1. The number of carboxylic acids is 1. The number of carbonyl (C=O) groups is 3. The fourth-order valence-corrected chi connectivity index (χ4v) is 11.1. The zero-order valence-electron chi connectivity index (χ0n) is 27.4. The number of ether oxygens (including phenoxy) is 1. The monoisotopic (exact) mass is 627 g/mol. The molecule has 0 aromatic heterocycles. The molecule has 0 heterocycles. The lowest BCUT2D eigenvalue weighted by molar-refractivity contribution is -0.177. The smallest absolute Gasteiger partial charge is 0.329 e. The van der Waals surface area contributed by atoms with Crippen molar-refractivity contribution in [3.63, 3.8) is 0 Å². The number of thioether (sulfide) groups is 1. The Bertz CT molecular complexity index is 1440. The number of aromatic hydroxyl groups is 2. The summed E-state index contributed by atoms with van der Waals surface area (Å²) in [4.78, 5) is 37.0. The van der Waals surface area contributed by atoms with Gasteiger partial charge >= 0.3 is 11.9 Å². The molecular formula is C35H49NO7S. The van der Waals surface area contributed by atoms with Crippen LogP contribution in [-0.4, -0.2) is 52.1 Å². The number of methoxy groups -OCH3 is 1. The number of rotatable bonds is 6. The first-order valence-corrected chi connectivity index (χ1v) is 16.9. The molecule has 8 atom stereocenters. The summed E-state index contributed by atoms with van der Waals surface area (Å²) >= 11 is 1.52. The average molecular weight is 628 g/mol. The largest absolute Gasteiger partial charge is 0.504 e. The number of allylic oxidation sites excluding steroid dienone is 1. The number of phenols is 2. The van der Waals surface area contributed by atoms with Crippen molar-refractivity contribution in [3.05, 3.63) is 34.4 Å². The summed E-state index contributed by atoms with van der Waals surface area (Å²) in [7, 11) is 1.30. The van der Waals surface area contributed by atoms with E-state index in [0.717, 1.165) is 43.2 Å². The van der Waals surface area contributed by atoms with Crippen LogP contribution in [0.5, 0.6) is 11.5 Å². The lowest BCUT2D eigenvalue weighted by Gasteiger charge is -2.70.